The molecule has 0 aliphatic carbocycles. The van der Waals surface area contributed by atoms with Gasteiger partial charge in [-0.25, -0.2) is 8.78 Å². The fourth-order valence-electron chi connectivity index (χ4n) is 3.20. The predicted molar refractivity (Wildman–Crippen MR) is 131 cm³/mol. The van der Waals surface area contributed by atoms with Gasteiger partial charge in [0, 0.05) is 24.0 Å². The number of aromatic nitrogens is 3. The van der Waals surface area contributed by atoms with E-state index in [1.54, 1.807) is 46.0 Å². The molecular formula is C25H25ClF2N4O3. The molecule has 7 nitrogen and oxygen atoms in total. The van der Waals surface area contributed by atoms with Crippen LogP contribution in [0.25, 0.3) is 5.69 Å². The Hall–Kier alpha value is -3.43. The Bertz CT molecular complexity index is 1360. The minimum Gasteiger partial charge on any atom is -0.485 e. The van der Waals surface area contributed by atoms with Gasteiger partial charge in [-0.15, -0.1) is 0 Å². The van der Waals surface area contributed by atoms with Crippen molar-refractivity contribution in [1.82, 2.24) is 14.5 Å². The van der Waals surface area contributed by atoms with Gasteiger partial charge in [0.15, 0.2) is 5.82 Å². The highest BCUT2D eigenvalue weighted by molar-refractivity contribution is 6.31. The summed E-state index contributed by atoms with van der Waals surface area (Å²) in [5.41, 5.74) is 0.956. The lowest BCUT2D eigenvalue weighted by atomic mass is 10.1. The van der Waals surface area contributed by atoms with Crippen molar-refractivity contribution in [3.05, 3.63) is 92.9 Å². The predicted octanol–water partition coefficient (Wildman–Crippen LogP) is 4.50. The topological polar surface area (TPSA) is 89.6 Å². The Labute approximate surface area is 206 Å². The second kappa shape index (κ2) is 10.5. The number of hydrogen-bond acceptors (Lipinski definition) is 6. The number of aryl methyl sites for hydroxylation is 2. The second-order valence-corrected chi connectivity index (χ2v) is 8.93. The maximum Gasteiger partial charge on any atom is 0.277 e. The Morgan fingerprint density at radius 1 is 1.26 bits per heavy atom. The first-order valence-corrected chi connectivity index (χ1v) is 11.0. The van der Waals surface area contributed by atoms with E-state index in [-0.39, 0.29) is 29.6 Å². The van der Waals surface area contributed by atoms with E-state index in [0.29, 0.717) is 34.4 Å². The third-order valence-electron chi connectivity index (χ3n) is 4.96. The van der Waals surface area contributed by atoms with Gasteiger partial charge in [-0.05, 0) is 45.4 Å². The SMILES string of the molecule is C=CC(=NCC(C)(C)O)c1cc(-n2c(C)cc(OCc3ncc(F)cc3F)c(Cl)c2=O)c(C)cn1. The molecule has 1 N–H and O–H groups in total. The van der Waals surface area contributed by atoms with E-state index < -0.39 is 22.8 Å². The van der Waals surface area contributed by atoms with Crippen LogP contribution in [0, 0.1) is 25.5 Å². The van der Waals surface area contributed by atoms with Crippen LogP contribution in [0.4, 0.5) is 8.78 Å². The summed E-state index contributed by atoms with van der Waals surface area (Å²) >= 11 is 6.32. The molecule has 0 saturated carbocycles. The summed E-state index contributed by atoms with van der Waals surface area (Å²) in [5, 5.41) is 9.77. The molecule has 0 unspecified atom stereocenters. The van der Waals surface area contributed by atoms with Gasteiger partial charge < -0.3 is 9.84 Å². The molecular weight excluding hydrogens is 478 g/mol. The summed E-state index contributed by atoms with van der Waals surface area (Å²) in [6, 6.07) is 3.92. The van der Waals surface area contributed by atoms with Crippen molar-refractivity contribution in [2.24, 2.45) is 4.99 Å². The minimum atomic E-state index is -1.01. The van der Waals surface area contributed by atoms with Crippen LogP contribution in [0.2, 0.25) is 5.02 Å². The molecule has 184 valence electrons. The number of rotatable bonds is 8. The van der Waals surface area contributed by atoms with Crippen molar-refractivity contribution in [2.75, 3.05) is 6.54 Å². The first-order valence-electron chi connectivity index (χ1n) is 10.6. The lowest BCUT2D eigenvalue weighted by Gasteiger charge is -2.17. The summed E-state index contributed by atoms with van der Waals surface area (Å²) in [5.74, 6) is -1.63. The summed E-state index contributed by atoms with van der Waals surface area (Å²) < 4.78 is 33.9. The molecule has 0 saturated heterocycles. The molecule has 3 aromatic heterocycles. The van der Waals surface area contributed by atoms with Crippen LogP contribution in [0.15, 0.2) is 53.0 Å². The van der Waals surface area contributed by atoms with E-state index in [9.17, 15) is 18.7 Å². The van der Waals surface area contributed by atoms with Gasteiger partial charge in [0.05, 0.1) is 35.4 Å². The van der Waals surface area contributed by atoms with Gasteiger partial charge in [-0.3, -0.25) is 24.3 Å². The lowest BCUT2D eigenvalue weighted by molar-refractivity contribution is 0.0905. The van der Waals surface area contributed by atoms with Crippen molar-refractivity contribution < 1.29 is 18.6 Å². The Morgan fingerprint density at radius 3 is 2.60 bits per heavy atom. The van der Waals surface area contributed by atoms with Gasteiger partial charge in [-0.2, -0.15) is 0 Å². The zero-order valence-electron chi connectivity index (χ0n) is 19.8. The van der Waals surface area contributed by atoms with Crippen molar-refractivity contribution >= 4 is 17.3 Å². The number of aliphatic hydroxyl groups is 1. The highest BCUT2D eigenvalue weighted by Gasteiger charge is 2.18. The van der Waals surface area contributed by atoms with Gasteiger partial charge in [-0.1, -0.05) is 18.2 Å². The first kappa shape index (κ1) is 26.2. The van der Waals surface area contributed by atoms with Crippen molar-refractivity contribution in [3.63, 3.8) is 0 Å². The van der Waals surface area contributed by atoms with Crippen molar-refractivity contribution in [1.29, 1.82) is 0 Å². The van der Waals surface area contributed by atoms with E-state index in [4.69, 9.17) is 16.3 Å². The van der Waals surface area contributed by atoms with Gasteiger partial charge >= 0.3 is 0 Å². The van der Waals surface area contributed by atoms with Gasteiger partial charge in [0.25, 0.3) is 5.56 Å². The molecule has 0 radical (unpaired) electrons. The van der Waals surface area contributed by atoms with Crippen LogP contribution in [0.5, 0.6) is 5.75 Å². The molecule has 0 atom stereocenters. The van der Waals surface area contributed by atoms with E-state index in [1.807, 2.05) is 0 Å². The molecule has 0 bridgehead atoms. The van der Waals surface area contributed by atoms with Crippen LogP contribution >= 0.6 is 11.6 Å². The standard InChI is InChI=1S/C25H25ClF2N4O3/c1-6-18(31-13-25(4,5)34)19-9-21(14(2)10-29-19)32-15(3)7-22(23(26)24(32)33)35-12-20-17(28)8-16(27)11-30-20/h6-11,34H,1,12-13H2,2-5H3. The fraction of sp³-hybridized carbons (Fsp3) is 0.280. The van der Waals surface area contributed by atoms with Crippen LogP contribution in [0.3, 0.4) is 0 Å². The van der Waals surface area contributed by atoms with E-state index in [2.05, 4.69) is 21.5 Å². The molecule has 35 heavy (non-hydrogen) atoms. The highest BCUT2D eigenvalue weighted by atomic mass is 35.5. The molecule has 3 rings (SSSR count). The smallest absolute Gasteiger partial charge is 0.277 e. The summed E-state index contributed by atoms with van der Waals surface area (Å²) in [7, 11) is 0. The molecule has 0 amide bonds. The number of allylic oxidation sites excluding steroid dienone is 1. The Kier molecular flexibility index (Phi) is 7.82. The number of ether oxygens (including phenoxy) is 1. The highest BCUT2D eigenvalue weighted by Crippen LogP contribution is 2.26. The average Bonchev–Trinajstić information content (AvgIpc) is 2.77. The maximum atomic E-state index is 13.9. The molecule has 0 spiro atoms. The van der Waals surface area contributed by atoms with Crippen molar-refractivity contribution in [2.45, 2.75) is 39.9 Å². The van der Waals surface area contributed by atoms with Gasteiger partial charge in [0.1, 0.15) is 28.9 Å². The van der Waals surface area contributed by atoms with Crippen LogP contribution in [-0.4, -0.2) is 37.5 Å². The van der Waals surface area contributed by atoms with Crippen LogP contribution in [-0.2, 0) is 6.61 Å². The number of aliphatic imine (C=N–C) groups is 1. The molecule has 3 heterocycles. The summed E-state index contributed by atoms with van der Waals surface area (Å²) in [6.45, 7) is 10.3. The number of halogens is 3. The largest absolute Gasteiger partial charge is 0.485 e. The third kappa shape index (κ3) is 6.17. The molecule has 3 aromatic rings. The number of pyridine rings is 3. The second-order valence-electron chi connectivity index (χ2n) is 8.55. The van der Waals surface area contributed by atoms with E-state index in [0.717, 1.165) is 6.20 Å². The molecule has 0 aromatic carbocycles. The molecule has 0 aliphatic rings. The minimum absolute atomic E-state index is 0.0430. The molecule has 0 fully saturated rings. The first-order chi connectivity index (χ1) is 16.4. The number of hydrogen-bond donors (Lipinski definition) is 1. The zero-order chi connectivity index (χ0) is 25.9. The quantitative estimate of drug-likeness (QED) is 0.458. The molecule has 10 heteroatoms. The fourth-order valence-corrected chi connectivity index (χ4v) is 3.40. The normalized spacial score (nSPS) is 12.1. The van der Waals surface area contributed by atoms with Crippen LogP contribution < -0.4 is 10.3 Å². The average molecular weight is 503 g/mol. The third-order valence-corrected chi connectivity index (χ3v) is 5.30. The lowest BCUT2D eigenvalue weighted by Crippen LogP contribution is -2.24. The summed E-state index contributed by atoms with van der Waals surface area (Å²) in [4.78, 5) is 25.6. The van der Waals surface area contributed by atoms with Crippen LogP contribution in [0.1, 0.15) is 36.5 Å². The Morgan fingerprint density at radius 2 is 1.97 bits per heavy atom. The van der Waals surface area contributed by atoms with E-state index >= 15 is 0 Å². The van der Waals surface area contributed by atoms with E-state index in [1.165, 1.54) is 10.6 Å². The summed E-state index contributed by atoms with van der Waals surface area (Å²) in [6.07, 6.45) is 4.00. The maximum absolute atomic E-state index is 13.9. The monoisotopic (exact) mass is 502 g/mol. The Balaban J connectivity index is 2.00. The van der Waals surface area contributed by atoms with Gasteiger partial charge in [0.2, 0.25) is 0 Å². The molecule has 0 aliphatic heterocycles. The van der Waals surface area contributed by atoms with Crippen molar-refractivity contribution in [3.8, 4) is 11.4 Å². The zero-order valence-corrected chi connectivity index (χ0v) is 20.5. The number of nitrogens with zero attached hydrogens (tertiary/aromatic N) is 4.